The van der Waals surface area contributed by atoms with E-state index in [2.05, 4.69) is 4.99 Å². The molecule has 0 aromatic carbocycles. The van der Waals surface area contributed by atoms with E-state index in [4.69, 9.17) is 9.47 Å². The number of carboxylic acids is 1. The molecular weight excluding hydrogens is 302 g/mol. The van der Waals surface area contributed by atoms with Crippen molar-refractivity contribution in [1.82, 2.24) is 0 Å². The van der Waals surface area contributed by atoms with Gasteiger partial charge < -0.3 is 14.6 Å². The standard InChI is InChI=1S/C16H23NO6/c1-8-11(13(18)19)9(2)17-10(3)12(8)14(20)22-7-23-15(21)16(4,5)6/h8,11H,7H2,1-6H3,(H,18,19). The molecule has 7 heteroatoms. The smallest absolute Gasteiger partial charge is 0.339 e. The number of carboxylic acid groups (broad SMARTS) is 1. The van der Waals surface area contributed by atoms with Crippen LogP contribution < -0.4 is 0 Å². The molecule has 128 valence electrons. The summed E-state index contributed by atoms with van der Waals surface area (Å²) in [4.78, 5) is 39.3. The summed E-state index contributed by atoms with van der Waals surface area (Å²) in [6.45, 7) is 9.41. The molecule has 1 aliphatic heterocycles. The molecule has 0 fully saturated rings. The number of hydrogen-bond acceptors (Lipinski definition) is 6. The maximum Gasteiger partial charge on any atom is 0.339 e. The minimum absolute atomic E-state index is 0.190. The molecule has 0 radical (unpaired) electrons. The van der Waals surface area contributed by atoms with Gasteiger partial charge in [-0.2, -0.15) is 0 Å². The zero-order valence-electron chi connectivity index (χ0n) is 14.3. The molecule has 1 rings (SSSR count). The number of hydrogen-bond donors (Lipinski definition) is 1. The molecule has 23 heavy (non-hydrogen) atoms. The number of rotatable bonds is 4. The van der Waals surface area contributed by atoms with Gasteiger partial charge in [0.05, 0.1) is 11.0 Å². The summed E-state index contributed by atoms with van der Waals surface area (Å²) in [7, 11) is 0. The second-order valence-electron chi connectivity index (χ2n) is 6.59. The molecule has 1 N–H and O–H groups in total. The first-order valence-corrected chi connectivity index (χ1v) is 7.30. The Labute approximate surface area is 135 Å². The molecule has 0 saturated carbocycles. The average molecular weight is 325 g/mol. The van der Waals surface area contributed by atoms with Crippen LogP contribution in [-0.2, 0) is 23.9 Å². The van der Waals surface area contributed by atoms with Crippen LogP contribution in [0, 0.1) is 17.3 Å². The number of aliphatic imine (C=N–C) groups is 1. The van der Waals surface area contributed by atoms with Gasteiger partial charge in [0.1, 0.15) is 5.92 Å². The van der Waals surface area contributed by atoms with Crippen LogP contribution in [0.5, 0.6) is 0 Å². The lowest BCUT2D eigenvalue weighted by atomic mass is 9.81. The Morgan fingerprint density at radius 1 is 1.17 bits per heavy atom. The molecule has 2 atom stereocenters. The third-order valence-corrected chi connectivity index (χ3v) is 3.62. The van der Waals surface area contributed by atoms with Crippen molar-refractivity contribution in [2.24, 2.45) is 22.2 Å². The third-order valence-electron chi connectivity index (χ3n) is 3.62. The van der Waals surface area contributed by atoms with E-state index >= 15 is 0 Å². The van der Waals surface area contributed by atoms with Gasteiger partial charge in [0.2, 0.25) is 6.79 Å². The van der Waals surface area contributed by atoms with Crippen molar-refractivity contribution in [1.29, 1.82) is 0 Å². The van der Waals surface area contributed by atoms with Crippen molar-refractivity contribution in [3.63, 3.8) is 0 Å². The highest BCUT2D eigenvalue weighted by atomic mass is 16.7. The Balaban J connectivity index is 2.81. The minimum Gasteiger partial charge on any atom is -0.481 e. The SMILES string of the molecule is CC1=NC(C)=C(C(=O)OCOC(=O)C(C)(C)C)C(C)C1C(=O)O. The summed E-state index contributed by atoms with van der Waals surface area (Å²) in [6.07, 6.45) is 0. The molecule has 0 spiro atoms. The number of allylic oxidation sites excluding steroid dienone is 1. The summed E-state index contributed by atoms with van der Waals surface area (Å²) in [5, 5.41) is 9.28. The molecule has 7 nitrogen and oxygen atoms in total. The van der Waals surface area contributed by atoms with Gasteiger partial charge in [-0.1, -0.05) is 6.92 Å². The lowest BCUT2D eigenvalue weighted by Gasteiger charge is -2.27. The van der Waals surface area contributed by atoms with Crippen molar-refractivity contribution in [3.05, 3.63) is 11.3 Å². The van der Waals surface area contributed by atoms with Gasteiger partial charge in [0, 0.05) is 17.3 Å². The van der Waals surface area contributed by atoms with E-state index in [1.54, 1.807) is 41.5 Å². The summed E-state index contributed by atoms with van der Waals surface area (Å²) in [6, 6.07) is 0. The van der Waals surface area contributed by atoms with Crippen LogP contribution in [-0.4, -0.2) is 35.5 Å². The fourth-order valence-electron chi connectivity index (χ4n) is 2.41. The Morgan fingerprint density at radius 2 is 1.74 bits per heavy atom. The minimum atomic E-state index is -1.05. The van der Waals surface area contributed by atoms with Gasteiger partial charge in [-0.3, -0.25) is 14.6 Å². The normalized spacial score (nSPS) is 21.6. The van der Waals surface area contributed by atoms with E-state index < -0.39 is 42.0 Å². The fraction of sp³-hybridized carbons (Fsp3) is 0.625. The molecule has 0 aliphatic carbocycles. The Kier molecular flexibility index (Phi) is 5.69. The Bertz CT molecular complexity index is 582. The lowest BCUT2D eigenvalue weighted by molar-refractivity contribution is -0.171. The van der Waals surface area contributed by atoms with Crippen LogP contribution in [0.25, 0.3) is 0 Å². The first-order chi connectivity index (χ1) is 10.5. The van der Waals surface area contributed by atoms with Crippen molar-refractivity contribution < 1.29 is 29.0 Å². The van der Waals surface area contributed by atoms with Crippen molar-refractivity contribution >= 4 is 23.6 Å². The molecule has 0 amide bonds. The van der Waals surface area contributed by atoms with E-state index in [9.17, 15) is 19.5 Å². The molecule has 0 bridgehead atoms. The third kappa shape index (κ3) is 4.40. The zero-order valence-corrected chi connectivity index (χ0v) is 14.3. The maximum absolute atomic E-state index is 12.2. The Morgan fingerprint density at radius 3 is 2.22 bits per heavy atom. The van der Waals surface area contributed by atoms with E-state index in [1.165, 1.54) is 0 Å². The van der Waals surface area contributed by atoms with Gasteiger partial charge in [-0.05, 0) is 34.6 Å². The van der Waals surface area contributed by atoms with Crippen LogP contribution >= 0.6 is 0 Å². The molecule has 1 heterocycles. The Hall–Kier alpha value is -2.18. The van der Waals surface area contributed by atoms with Gasteiger partial charge in [-0.15, -0.1) is 0 Å². The van der Waals surface area contributed by atoms with Crippen LogP contribution in [0.2, 0.25) is 0 Å². The van der Waals surface area contributed by atoms with Crippen molar-refractivity contribution in [2.45, 2.75) is 41.5 Å². The molecule has 0 aromatic rings. The van der Waals surface area contributed by atoms with Crippen LogP contribution in [0.1, 0.15) is 41.5 Å². The molecule has 0 saturated heterocycles. The van der Waals surface area contributed by atoms with Gasteiger partial charge >= 0.3 is 17.9 Å². The summed E-state index contributed by atoms with van der Waals surface area (Å²) < 4.78 is 9.83. The molecule has 1 aliphatic rings. The quantitative estimate of drug-likeness (QED) is 0.627. The number of nitrogens with zero attached hydrogens (tertiary/aromatic N) is 1. The predicted molar refractivity (Wildman–Crippen MR) is 82.6 cm³/mol. The summed E-state index contributed by atoms with van der Waals surface area (Å²) in [5.74, 6) is -3.71. The van der Waals surface area contributed by atoms with Gasteiger partial charge in [0.15, 0.2) is 0 Å². The lowest BCUT2D eigenvalue weighted by Crippen LogP contribution is -2.35. The number of carbonyl (C=O) groups excluding carboxylic acids is 2. The second kappa shape index (κ2) is 6.93. The second-order valence-corrected chi connectivity index (χ2v) is 6.59. The highest BCUT2D eigenvalue weighted by Crippen LogP contribution is 2.31. The molecular formula is C16H23NO6. The highest BCUT2D eigenvalue weighted by Gasteiger charge is 2.37. The first kappa shape index (κ1) is 18.9. The first-order valence-electron chi connectivity index (χ1n) is 7.30. The average Bonchev–Trinajstić information content (AvgIpc) is 2.35. The topological polar surface area (TPSA) is 102 Å². The van der Waals surface area contributed by atoms with Crippen LogP contribution in [0.15, 0.2) is 16.3 Å². The summed E-state index contributed by atoms with van der Waals surface area (Å²) >= 11 is 0. The fourth-order valence-corrected chi connectivity index (χ4v) is 2.41. The van der Waals surface area contributed by atoms with Crippen molar-refractivity contribution in [3.8, 4) is 0 Å². The largest absolute Gasteiger partial charge is 0.481 e. The van der Waals surface area contributed by atoms with E-state index in [0.717, 1.165) is 0 Å². The zero-order chi connectivity index (χ0) is 17.9. The highest BCUT2D eigenvalue weighted by molar-refractivity contribution is 6.05. The number of aliphatic carboxylic acids is 1. The van der Waals surface area contributed by atoms with E-state index in [0.29, 0.717) is 11.4 Å². The number of carbonyl (C=O) groups is 3. The van der Waals surface area contributed by atoms with Crippen LogP contribution in [0.3, 0.4) is 0 Å². The van der Waals surface area contributed by atoms with Crippen molar-refractivity contribution in [2.75, 3.05) is 6.79 Å². The molecule has 2 unspecified atom stereocenters. The van der Waals surface area contributed by atoms with Gasteiger partial charge in [0.25, 0.3) is 0 Å². The number of esters is 2. The molecule has 0 aromatic heterocycles. The number of ether oxygens (including phenoxy) is 2. The maximum atomic E-state index is 12.2. The van der Waals surface area contributed by atoms with E-state index in [-0.39, 0.29) is 5.57 Å². The monoisotopic (exact) mass is 325 g/mol. The van der Waals surface area contributed by atoms with E-state index in [1.807, 2.05) is 0 Å². The van der Waals surface area contributed by atoms with Gasteiger partial charge in [-0.25, -0.2) is 4.79 Å². The van der Waals surface area contributed by atoms with Crippen LogP contribution in [0.4, 0.5) is 0 Å². The predicted octanol–water partition coefficient (Wildman–Crippen LogP) is 2.16. The summed E-state index contributed by atoms with van der Waals surface area (Å²) in [5.41, 5.74) is 0.350.